The minimum atomic E-state index is -0.663. The van der Waals surface area contributed by atoms with E-state index in [0.717, 1.165) is 11.1 Å². The Hall–Kier alpha value is -3.35. The lowest BCUT2D eigenvalue weighted by atomic mass is 10.1. The van der Waals surface area contributed by atoms with Crippen molar-refractivity contribution in [1.82, 2.24) is 5.32 Å². The number of benzene rings is 2. The van der Waals surface area contributed by atoms with E-state index in [0.29, 0.717) is 5.69 Å². The highest BCUT2D eigenvalue weighted by Gasteiger charge is 2.13. The average molecular weight is 341 g/mol. The van der Waals surface area contributed by atoms with Crippen molar-refractivity contribution in [2.75, 3.05) is 11.9 Å². The minimum absolute atomic E-state index is 0.162. The van der Waals surface area contributed by atoms with Gasteiger partial charge in [-0.3, -0.25) is 14.9 Å². The quantitative estimate of drug-likeness (QED) is 0.773. The second-order valence-electron chi connectivity index (χ2n) is 5.47. The van der Waals surface area contributed by atoms with Crippen LogP contribution >= 0.6 is 0 Å². The second kappa shape index (κ2) is 7.96. The first kappa shape index (κ1) is 18.0. The molecule has 0 spiro atoms. The molecule has 0 heterocycles. The number of nitrogens with one attached hydrogen (secondary N) is 2. The number of nitrogens with two attached hydrogens (primary N) is 1. The highest BCUT2D eigenvalue weighted by molar-refractivity contribution is 6.02. The largest absolute Gasteiger partial charge is 0.483 e. The Balaban J connectivity index is 1.90. The summed E-state index contributed by atoms with van der Waals surface area (Å²) in [6, 6.07) is 11.1. The molecular formula is C18H19N3O4. The number of hydrogen-bond acceptors (Lipinski definition) is 4. The Morgan fingerprint density at radius 2 is 1.80 bits per heavy atom. The third kappa shape index (κ3) is 5.07. The first-order valence-corrected chi connectivity index (χ1v) is 7.56. The van der Waals surface area contributed by atoms with Crippen molar-refractivity contribution in [1.29, 1.82) is 0 Å². The molecule has 4 N–H and O–H groups in total. The zero-order valence-corrected chi connectivity index (χ0v) is 14.0. The van der Waals surface area contributed by atoms with Gasteiger partial charge in [0.05, 0.1) is 5.56 Å². The number of imide groups is 1. The fourth-order valence-electron chi connectivity index (χ4n) is 2.21. The van der Waals surface area contributed by atoms with Crippen LogP contribution in [0.3, 0.4) is 0 Å². The smallest absolute Gasteiger partial charge is 0.325 e. The molecule has 2 aromatic carbocycles. The Bertz CT molecular complexity index is 818. The molecule has 0 aromatic heterocycles. The predicted molar refractivity (Wildman–Crippen MR) is 93.5 cm³/mol. The summed E-state index contributed by atoms with van der Waals surface area (Å²) in [7, 11) is 0. The SMILES string of the molecule is Cc1ccc(NC(=O)NC(=O)COc2ccccc2C(N)=O)c(C)c1. The van der Waals surface area contributed by atoms with Gasteiger partial charge in [-0.15, -0.1) is 0 Å². The molecule has 0 bridgehead atoms. The predicted octanol–water partition coefficient (Wildman–Crippen LogP) is 2.13. The number of hydrogen-bond donors (Lipinski definition) is 3. The van der Waals surface area contributed by atoms with Gasteiger partial charge in [0.25, 0.3) is 11.8 Å². The lowest BCUT2D eigenvalue weighted by Gasteiger charge is -2.11. The molecule has 0 aliphatic carbocycles. The summed E-state index contributed by atoms with van der Waals surface area (Å²) in [5, 5.41) is 4.75. The molecule has 0 saturated carbocycles. The molecule has 0 saturated heterocycles. The number of para-hydroxylation sites is 1. The molecule has 7 heteroatoms. The van der Waals surface area contributed by atoms with Gasteiger partial charge in [-0.2, -0.15) is 0 Å². The van der Waals surface area contributed by atoms with Gasteiger partial charge in [-0.05, 0) is 37.6 Å². The van der Waals surface area contributed by atoms with Crippen LogP contribution in [-0.4, -0.2) is 24.5 Å². The molecule has 0 fully saturated rings. The van der Waals surface area contributed by atoms with E-state index >= 15 is 0 Å². The number of urea groups is 1. The summed E-state index contributed by atoms with van der Waals surface area (Å²) in [6.07, 6.45) is 0. The summed E-state index contributed by atoms with van der Waals surface area (Å²) in [6.45, 7) is 3.38. The van der Waals surface area contributed by atoms with Gasteiger partial charge < -0.3 is 15.8 Å². The molecular weight excluding hydrogens is 322 g/mol. The summed E-state index contributed by atoms with van der Waals surface area (Å²) >= 11 is 0. The topological polar surface area (TPSA) is 111 Å². The number of primary amides is 1. The van der Waals surface area contributed by atoms with Crippen LogP contribution in [-0.2, 0) is 4.79 Å². The van der Waals surface area contributed by atoms with E-state index in [1.807, 2.05) is 26.0 Å². The standard InChI is InChI=1S/C18H19N3O4/c1-11-7-8-14(12(2)9-11)20-18(24)21-16(22)10-25-15-6-4-3-5-13(15)17(19)23/h3-9H,10H2,1-2H3,(H2,19,23)(H2,20,21,22,24). The zero-order chi connectivity index (χ0) is 18.4. The maximum Gasteiger partial charge on any atom is 0.325 e. The van der Waals surface area contributed by atoms with Crippen molar-refractivity contribution in [3.63, 3.8) is 0 Å². The normalized spacial score (nSPS) is 10.0. The molecule has 7 nitrogen and oxygen atoms in total. The molecule has 130 valence electrons. The van der Waals surface area contributed by atoms with Gasteiger partial charge in [-0.1, -0.05) is 29.8 Å². The van der Waals surface area contributed by atoms with Crippen LogP contribution in [0.1, 0.15) is 21.5 Å². The maximum atomic E-state index is 11.9. The molecule has 2 rings (SSSR count). The van der Waals surface area contributed by atoms with Gasteiger partial charge in [-0.25, -0.2) is 4.79 Å². The van der Waals surface area contributed by atoms with Crippen molar-refractivity contribution < 1.29 is 19.1 Å². The van der Waals surface area contributed by atoms with Crippen LogP contribution in [0, 0.1) is 13.8 Å². The Kier molecular flexibility index (Phi) is 5.73. The number of carbonyl (C=O) groups excluding carboxylic acids is 3. The van der Waals surface area contributed by atoms with Crippen LogP contribution in [0.25, 0.3) is 0 Å². The molecule has 4 amide bonds. The fourth-order valence-corrected chi connectivity index (χ4v) is 2.21. The number of aryl methyl sites for hydroxylation is 2. The summed E-state index contributed by atoms with van der Waals surface area (Å²) in [4.78, 5) is 35.0. The Morgan fingerprint density at radius 1 is 1.08 bits per heavy atom. The fraction of sp³-hybridized carbons (Fsp3) is 0.167. The number of amides is 4. The Labute approximate surface area is 145 Å². The van der Waals surface area contributed by atoms with E-state index < -0.39 is 24.5 Å². The Morgan fingerprint density at radius 3 is 2.48 bits per heavy atom. The summed E-state index contributed by atoms with van der Waals surface area (Å²) < 4.78 is 5.26. The van der Waals surface area contributed by atoms with Gasteiger partial charge in [0.2, 0.25) is 0 Å². The first-order chi connectivity index (χ1) is 11.9. The first-order valence-electron chi connectivity index (χ1n) is 7.56. The van der Waals surface area contributed by atoms with Crippen LogP contribution in [0.5, 0.6) is 5.75 Å². The molecule has 0 atom stereocenters. The number of ether oxygens (including phenoxy) is 1. The van der Waals surface area contributed by atoms with Crippen LogP contribution < -0.4 is 21.1 Å². The monoisotopic (exact) mass is 341 g/mol. The highest BCUT2D eigenvalue weighted by Crippen LogP contribution is 2.17. The van der Waals surface area contributed by atoms with Crippen molar-refractivity contribution in [3.05, 3.63) is 59.2 Å². The van der Waals surface area contributed by atoms with E-state index in [1.165, 1.54) is 12.1 Å². The van der Waals surface area contributed by atoms with E-state index in [4.69, 9.17) is 10.5 Å². The molecule has 0 aliphatic rings. The molecule has 0 radical (unpaired) electrons. The third-order valence-corrected chi connectivity index (χ3v) is 3.39. The molecule has 0 unspecified atom stereocenters. The van der Waals surface area contributed by atoms with Crippen LogP contribution in [0.4, 0.5) is 10.5 Å². The van der Waals surface area contributed by atoms with E-state index in [9.17, 15) is 14.4 Å². The van der Waals surface area contributed by atoms with Crippen LogP contribution in [0.15, 0.2) is 42.5 Å². The van der Waals surface area contributed by atoms with E-state index in [-0.39, 0.29) is 11.3 Å². The number of rotatable bonds is 5. The maximum absolute atomic E-state index is 11.9. The van der Waals surface area contributed by atoms with E-state index in [2.05, 4.69) is 10.6 Å². The van der Waals surface area contributed by atoms with Gasteiger partial charge in [0, 0.05) is 5.69 Å². The number of anilines is 1. The average Bonchev–Trinajstić information content (AvgIpc) is 2.55. The van der Waals surface area contributed by atoms with Gasteiger partial charge >= 0.3 is 6.03 Å². The summed E-state index contributed by atoms with van der Waals surface area (Å²) in [5.41, 5.74) is 7.95. The molecule has 25 heavy (non-hydrogen) atoms. The van der Waals surface area contributed by atoms with Crippen molar-refractivity contribution in [3.8, 4) is 5.75 Å². The van der Waals surface area contributed by atoms with Crippen molar-refractivity contribution in [2.45, 2.75) is 13.8 Å². The second-order valence-corrected chi connectivity index (χ2v) is 5.47. The minimum Gasteiger partial charge on any atom is -0.483 e. The molecule has 2 aromatic rings. The highest BCUT2D eigenvalue weighted by atomic mass is 16.5. The lowest BCUT2D eigenvalue weighted by molar-refractivity contribution is -0.121. The van der Waals surface area contributed by atoms with Crippen molar-refractivity contribution >= 4 is 23.5 Å². The zero-order valence-electron chi connectivity index (χ0n) is 14.0. The number of carbonyl (C=O) groups is 3. The van der Waals surface area contributed by atoms with Crippen molar-refractivity contribution in [2.24, 2.45) is 5.73 Å². The van der Waals surface area contributed by atoms with E-state index in [1.54, 1.807) is 18.2 Å². The summed E-state index contributed by atoms with van der Waals surface area (Å²) in [5.74, 6) is -1.13. The van der Waals surface area contributed by atoms with Gasteiger partial charge in [0.15, 0.2) is 6.61 Å². The third-order valence-electron chi connectivity index (χ3n) is 3.39. The molecule has 0 aliphatic heterocycles. The lowest BCUT2D eigenvalue weighted by Crippen LogP contribution is -2.37. The van der Waals surface area contributed by atoms with Crippen LogP contribution in [0.2, 0.25) is 0 Å². The van der Waals surface area contributed by atoms with Gasteiger partial charge in [0.1, 0.15) is 5.75 Å².